The van der Waals surface area contributed by atoms with Crippen molar-refractivity contribution in [2.45, 2.75) is 12.5 Å². The number of amides is 1. The van der Waals surface area contributed by atoms with Crippen LogP contribution >= 0.6 is 0 Å². The van der Waals surface area contributed by atoms with Crippen molar-refractivity contribution in [2.75, 3.05) is 20.3 Å². The topological polar surface area (TPSA) is 58.6 Å². The normalized spacial score (nSPS) is 12.6. The van der Waals surface area contributed by atoms with Gasteiger partial charge in [-0.3, -0.25) is 4.79 Å². The van der Waals surface area contributed by atoms with E-state index in [-0.39, 0.29) is 18.7 Å². The maximum Gasteiger partial charge on any atom is 0.244 e. The SMILES string of the molecule is COCC(O)CCNC(=O)/C=C/c1c(F)cccc1F. The van der Waals surface area contributed by atoms with Gasteiger partial charge in [-0.25, -0.2) is 8.78 Å². The molecule has 0 heterocycles. The molecule has 1 amide bonds. The van der Waals surface area contributed by atoms with Crippen LogP contribution in [0, 0.1) is 11.6 Å². The van der Waals surface area contributed by atoms with Gasteiger partial charge in [-0.05, 0) is 24.6 Å². The summed E-state index contributed by atoms with van der Waals surface area (Å²) in [6.45, 7) is 0.430. The number of carbonyl (C=O) groups is 1. The highest BCUT2D eigenvalue weighted by atomic mass is 19.1. The average Bonchev–Trinajstić information content (AvgIpc) is 2.38. The van der Waals surface area contributed by atoms with Crippen LogP contribution in [-0.2, 0) is 9.53 Å². The third kappa shape index (κ3) is 5.46. The smallest absolute Gasteiger partial charge is 0.244 e. The van der Waals surface area contributed by atoms with Crippen molar-refractivity contribution in [2.24, 2.45) is 0 Å². The molecular weight excluding hydrogens is 268 g/mol. The highest BCUT2D eigenvalue weighted by molar-refractivity contribution is 5.91. The number of benzene rings is 1. The zero-order valence-corrected chi connectivity index (χ0v) is 11.1. The summed E-state index contributed by atoms with van der Waals surface area (Å²) in [6, 6.07) is 3.47. The van der Waals surface area contributed by atoms with E-state index in [1.165, 1.54) is 13.2 Å². The van der Waals surface area contributed by atoms with Gasteiger partial charge in [-0.15, -0.1) is 0 Å². The van der Waals surface area contributed by atoms with Gasteiger partial charge in [-0.1, -0.05) is 6.07 Å². The van der Waals surface area contributed by atoms with Gasteiger partial charge in [0.1, 0.15) is 11.6 Å². The molecule has 20 heavy (non-hydrogen) atoms. The van der Waals surface area contributed by atoms with Crippen LogP contribution in [0.3, 0.4) is 0 Å². The highest BCUT2D eigenvalue weighted by Gasteiger charge is 2.06. The summed E-state index contributed by atoms with van der Waals surface area (Å²) in [5.41, 5.74) is -0.262. The Bertz CT molecular complexity index is 457. The maximum absolute atomic E-state index is 13.3. The van der Waals surface area contributed by atoms with Crippen LogP contribution in [0.2, 0.25) is 0 Å². The zero-order chi connectivity index (χ0) is 15.0. The molecule has 0 aliphatic rings. The lowest BCUT2D eigenvalue weighted by molar-refractivity contribution is -0.116. The molecule has 0 saturated carbocycles. The van der Waals surface area contributed by atoms with E-state index in [0.29, 0.717) is 6.42 Å². The molecule has 1 unspecified atom stereocenters. The van der Waals surface area contributed by atoms with Gasteiger partial charge in [0.2, 0.25) is 5.91 Å². The summed E-state index contributed by atoms with van der Waals surface area (Å²) in [5, 5.41) is 11.8. The lowest BCUT2D eigenvalue weighted by Crippen LogP contribution is -2.27. The lowest BCUT2D eigenvalue weighted by Gasteiger charge is -2.08. The predicted octanol–water partition coefficient (Wildman–Crippen LogP) is 1.49. The van der Waals surface area contributed by atoms with E-state index in [1.807, 2.05) is 0 Å². The number of ether oxygens (including phenoxy) is 1. The van der Waals surface area contributed by atoms with Gasteiger partial charge in [0.05, 0.1) is 12.7 Å². The van der Waals surface area contributed by atoms with Gasteiger partial charge in [-0.2, -0.15) is 0 Å². The largest absolute Gasteiger partial charge is 0.391 e. The number of rotatable bonds is 7. The summed E-state index contributed by atoms with van der Waals surface area (Å²) < 4.78 is 31.3. The Morgan fingerprint density at radius 2 is 2.10 bits per heavy atom. The van der Waals surface area contributed by atoms with Crippen molar-refractivity contribution < 1.29 is 23.4 Å². The van der Waals surface area contributed by atoms with Crippen LogP contribution in [-0.4, -0.2) is 37.4 Å². The van der Waals surface area contributed by atoms with Gasteiger partial charge >= 0.3 is 0 Å². The fraction of sp³-hybridized carbons (Fsp3) is 0.357. The molecule has 2 N–H and O–H groups in total. The number of nitrogens with one attached hydrogen (secondary N) is 1. The fourth-order valence-corrected chi connectivity index (χ4v) is 1.53. The van der Waals surface area contributed by atoms with Gasteiger partial charge in [0.25, 0.3) is 0 Å². The predicted molar refractivity (Wildman–Crippen MR) is 70.9 cm³/mol. The summed E-state index contributed by atoms with van der Waals surface area (Å²) in [6.07, 6.45) is 1.80. The third-order valence-electron chi connectivity index (χ3n) is 2.54. The Labute approximate surface area is 116 Å². The minimum atomic E-state index is -0.732. The first kappa shape index (κ1) is 16.3. The summed E-state index contributed by atoms with van der Waals surface area (Å²) >= 11 is 0. The van der Waals surface area contributed by atoms with Crippen LogP contribution in [0.4, 0.5) is 8.78 Å². The molecule has 0 bridgehead atoms. The zero-order valence-electron chi connectivity index (χ0n) is 11.1. The van der Waals surface area contributed by atoms with Crippen molar-refractivity contribution in [3.05, 3.63) is 41.5 Å². The van der Waals surface area contributed by atoms with Gasteiger partial charge < -0.3 is 15.2 Å². The molecule has 0 aromatic heterocycles. The van der Waals surface area contributed by atoms with E-state index in [9.17, 15) is 18.7 Å². The van der Waals surface area contributed by atoms with E-state index in [2.05, 4.69) is 5.32 Å². The number of aliphatic hydroxyl groups is 1. The number of carbonyl (C=O) groups excluding carboxylic acids is 1. The molecule has 0 spiro atoms. The molecule has 4 nitrogen and oxygen atoms in total. The van der Waals surface area contributed by atoms with Gasteiger partial charge in [0, 0.05) is 25.3 Å². The standard InChI is InChI=1S/C14H17F2NO3/c1-20-9-10(18)7-8-17-14(19)6-5-11-12(15)3-2-4-13(11)16/h2-6,10,18H,7-9H2,1H3,(H,17,19)/b6-5+. The highest BCUT2D eigenvalue weighted by Crippen LogP contribution is 2.13. The van der Waals surface area contributed by atoms with Crippen molar-refractivity contribution in [3.63, 3.8) is 0 Å². The number of halogens is 2. The summed E-state index contributed by atoms with van der Waals surface area (Å²) in [5.74, 6) is -1.95. The average molecular weight is 285 g/mol. The molecule has 1 aromatic rings. The molecule has 110 valence electrons. The van der Waals surface area contributed by atoms with Crippen molar-refractivity contribution >= 4 is 12.0 Å². The summed E-state index contributed by atoms with van der Waals surface area (Å²) in [4.78, 5) is 11.4. The van der Waals surface area contributed by atoms with E-state index >= 15 is 0 Å². The first-order valence-corrected chi connectivity index (χ1v) is 6.11. The molecule has 0 saturated heterocycles. The Morgan fingerprint density at radius 1 is 1.45 bits per heavy atom. The van der Waals surface area contributed by atoms with E-state index < -0.39 is 23.6 Å². The van der Waals surface area contributed by atoms with Crippen molar-refractivity contribution in [1.82, 2.24) is 5.32 Å². The second kappa shape index (κ2) is 8.39. The second-order valence-corrected chi connectivity index (χ2v) is 4.16. The number of methoxy groups -OCH3 is 1. The van der Waals surface area contributed by atoms with Crippen LogP contribution in [0.1, 0.15) is 12.0 Å². The molecular formula is C14H17F2NO3. The Kier molecular flexibility index (Phi) is 6.83. The van der Waals surface area contributed by atoms with Crippen LogP contribution < -0.4 is 5.32 Å². The molecule has 1 rings (SSSR count). The number of hydrogen-bond donors (Lipinski definition) is 2. The third-order valence-corrected chi connectivity index (χ3v) is 2.54. The fourth-order valence-electron chi connectivity index (χ4n) is 1.53. The first-order chi connectivity index (χ1) is 9.54. The van der Waals surface area contributed by atoms with E-state index in [0.717, 1.165) is 24.3 Å². The molecule has 6 heteroatoms. The number of aliphatic hydroxyl groups excluding tert-OH is 1. The molecule has 1 atom stereocenters. The maximum atomic E-state index is 13.3. The van der Waals surface area contributed by atoms with Crippen LogP contribution in [0.25, 0.3) is 6.08 Å². The quantitative estimate of drug-likeness (QED) is 0.746. The second-order valence-electron chi connectivity index (χ2n) is 4.16. The minimum absolute atomic E-state index is 0.187. The number of hydrogen-bond acceptors (Lipinski definition) is 3. The van der Waals surface area contributed by atoms with Crippen molar-refractivity contribution in [3.8, 4) is 0 Å². The van der Waals surface area contributed by atoms with Crippen molar-refractivity contribution in [1.29, 1.82) is 0 Å². The molecule has 0 fully saturated rings. The van der Waals surface area contributed by atoms with Crippen LogP contribution in [0.5, 0.6) is 0 Å². The minimum Gasteiger partial charge on any atom is -0.391 e. The first-order valence-electron chi connectivity index (χ1n) is 6.11. The van der Waals surface area contributed by atoms with Crippen LogP contribution in [0.15, 0.2) is 24.3 Å². The molecule has 0 aliphatic carbocycles. The molecule has 0 radical (unpaired) electrons. The Hall–Kier alpha value is -1.79. The summed E-state index contributed by atoms with van der Waals surface area (Å²) in [7, 11) is 1.47. The van der Waals surface area contributed by atoms with Gasteiger partial charge in [0.15, 0.2) is 0 Å². The lowest BCUT2D eigenvalue weighted by atomic mass is 10.2. The van der Waals surface area contributed by atoms with E-state index in [4.69, 9.17) is 4.74 Å². The molecule has 0 aliphatic heterocycles. The Morgan fingerprint density at radius 3 is 2.70 bits per heavy atom. The Balaban J connectivity index is 2.44. The molecule has 1 aromatic carbocycles. The van der Waals surface area contributed by atoms with E-state index in [1.54, 1.807) is 0 Å². The monoisotopic (exact) mass is 285 g/mol.